The highest BCUT2D eigenvalue weighted by atomic mass is 32.1. The number of nitrogen functional groups attached to an aromatic ring is 1. The Morgan fingerprint density at radius 3 is 2.69 bits per heavy atom. The number of nitrogens with one attached hydrogen (secondary N) is 1. The van der Waals surface area contributed by atoms with Gasteiger partial charge in [-0.2, -0.15) is 15.2 Å². The van der Waals surface area contributed by atoms with Crippen LogP contribution in [0.2, 0.25) is 0 Å². The highest BCUT2D eigenvalue weighted by Gasteiger charge is 2.45. The minimum atomic E-state index is -0.399. The number of piperazine rings is 1. The van der Waals surface area contributed by atoms with Crippen molar-refractivity contribution in [2.75, 3.05) is 50.0 Å². The molecule has 1 saturated carbocycles. The number of anilines is 2. The summed E-state index contributed by atoms with van der Waals surface area (Å²) < 4.78 is 21.5. The summed E-state index contributed by atoms with van der Waals surface area (Å²) >= 11 is 1.09. The molecule has 0 spiro atoms. The molecule has 11 heteroatoms. The number of likely N-dealkylation sites (tertiary alicyclic amines) is 1. The van der Waals surface area contributed by atoms with Crippen LogP contribution in [0.5, 0.6) is 6.01 Å². The van der Waals surface area contributed by atoms with E-state index in [1.54, 1.807) is 12.3 Å². The van der Waals surface area contributed by atoms with E-state index >= 15 is 0 Å². The van der Waals surface area contributed by atoms with Crippen molar-refractivity contribution < 1.29 is 9.13 Å². The van der Waals surface area contributed by atoms with Gasteiger partial charge in [-0.05, 0) is 69.8 Å². The van der Waals surface area contributed by atoms with Crippen molar-refractivity contribution in [1.82, 2.24) is 25.2 Å². The fourth-order valence-electron chi connectivity index (χ4n) is 7.08. The number of ether oxygens (including phenoxy) is 1. The summed E-state index contributed by atoms with van der Waals surface area (Å²) in [5, 5.41) is 15.2. The van der Waals surface area contributed by atoms with Crippen molar-refractivity contribution in [3.05, 3.63) is 35.8 Å². The van der Waals surface area contributed by atoms with Gasteiger partial charge in [0.05, 0.1) is 33.5 Å². The molecule has 0 radical (unpaired) electrons. The molecule has 3 aromatic heterocycles. The molecule has 3 saturated heterocycles. The zero-order valence-electron chi connectivity index (χ0n) is 23.4. The fraction of sp³-hybridized carbons (Fsp3) is 0.484. The average molecular weight is 585 g/mol. The number of fused-ring (bicyclic) bond motifs is 4. The van der Waals surface area contributed by atoms with E-state index < -0.39 is 5.82 Å². The molecule has 1 aromatic carbocycles. The number of pyridine rings is 1. The zero-order valence-corrected chi connectivity index (χ0v) is 24.2. The van der Waals surface area contributed by atoms with Gasteiger partial charge in [-0.15, -0.1) is 11.3 Å². The molecule has 9 nitrogen and oxygen atoms in total. The van der Waals surface area contributed by atoms with Gasteiger partial charge in [0.2, 0.25) is 0 Å². The Labute approximate surface area is 247 Å². The van der Waals surface area contributed by atoms with Crippen LogP contribution in [0.1, 0.15) is 44.1 Å². The molecule has 4 aromatic rings. The molecule has 8 rings (SSSR count). The summed E-state index contributed by atoms with van der Waals surface area (Å²) in [6, 6.07) is 8.42. The minimum Gasteiger partial charge on any atom is -0.463 e. The lowest BCUT2D eigenvalue weighted by Crippen LogP contribution is -2.51. The van der Waals surface area contributed by atoms with E-state index in [1.165, 1.54) is 57.7 Å². The largest absolute Gasteiger partial charge is 0.463 e. The summed E-state index contributed by atoms with van der Waals surface area (Å²) in [7, 11) is 0. The van der Waals surface area contributed by atoms with Gasteiger partial charge in [0.1, 0.15) is 22.7 Å². The molecular weight excluding hydrogens is 551 g/mol. The second-order valence-electron chi connectivity index (χ2n) is 12.5. The molecule has 4 aliphatic rings. The monoisotopic (exact) mass is 584 g/mol. The number of benzene rings is 1. The summed E-state index contributed by atoms with van der Waals surface area (Å²) in [6.45, 7) is 5.80. The van der Waals surface area contributed by atoms with Crippen molar-refractivity contribution >= 4 is 43.1 Å². The van der Waals surface area contributed by atoms with Crippen molar-refractivity contribution in [1.29, 1.82) is 5.26 Å². The molecule has 0 amide bonds. The highest BCUT2D eigenvalue weighted by Crippen LogP contribution is 2.47. The number of hydrogen-bond acceptors (Lipinski definition) is 10. The van der Waals surface area contributed by atoms with Crippen LogP contribution in [-0.4, -0.2) is 71.3 Å². The number of nitrogens with zero attached hydrogens (tertiary/aromatic N) is 6. The quantitative estimate of drug-likeness (QED) is 0.319. The van der Waals surface area contributed by atoms with E-state index in [9.17, 15) is 9.65 Å². The van der Waals surface area contributed by atoms with Crippen LogP contribution < -0.4 is 20.7 Å². The van der Waals surface area contributed by atoms with Crippen LogP contribution in [0.15, 0.2) is 24.4 Å². The second-order valence-corrected chi connectivity index (χ2v) is 13.5. The third-order valence-electron chi connectivity index (χ3n) is 9.48. The predicted molar refractivity (Wildman–Crippen MR) is 162 cm³/mol. The molecule has 42 heavy (non-hydrogen) atoms. The third kappa shape index (κ3) is 4.53. The third-order valence-corrected chi connectivity index (χ3v) is 10.5. The summed E-state index contributed by atoms with van der Waals surface area (Å²) in [6.07, 6.45) is 9.05. The Morgan fingerprint density at radius 2 is 1.95 bits per heavy atom. The molecule has 3 aliphatic heterocycles. The van der Waals surface area contributed by atoms with E-state index in [1.807, 2.05) is 6.07 Å². The summed E-state index contributed by atoms with van der Waals surface area (Å²) in [5.41, 5.74) is 8.55. The normalized spacial score (nSPS) is 23.1. The number of hydrogen-bond donors (Lipinski definition) is 2. The molecule has 216 valence electrons. The van der Waals surface area contributed by atoms with Gasteiger partial charge in [-0.1, -0.05) is 0 Å². The SMILES string of the molecule is N#Cc1c(N)sc2c(F)ccc(-c3cc4nc(OCC5(CN6CCCC6)CC5)nc(N5CC6CCC(C5)N6)c4cn3)c12. The summed E-state index contributed by atoms with van der Waals surface area (Å²) in [4.78, 5) is 19.6. The smallest absolute Gasteiger partial charge is 0.318 e. The van der Waals surface area contributed by atoms with Crippen LogP contribution in [0, 0.1) is 22.6 Å². The maximum absolute atomic E-state index is 14.7. The first-order chi connectivity index (χ1) is 20.5. The Bertz CT molecular complexity index is 1730. The topological polar surface area (TPSA) is 116 Å². The van der Waals surface area contributed by atoms with Gasteiger partial charge in [-0.3, -0.25) is 4.98 Å². The van der Waals surface area contributed by atoms with Crippen molar-refractivity contribution in [2.24, 2.45) is 5.41 Å². The van der Waals surface area contributed by atoms with Crippen LogP contribution in [0.3, 0.4) is 0 Å². The van der Waals surface area contributed by atoms with E-state index in [-0.39, 0.29) is 11.0 Å². The average Bonchev–Trinajstić information content (AvgIpc) is 3.26. The van der Waals surface area contributed by atoms with Crippen LogP contribution in [0.4, 0.5) is 15.2 Å². The molecule has 4 fully saturated rings. The Kier molecular flexibility index (Phi) is 6.21. The molecule has 6 heterocycles. The van der Waals surface area contributed by atoms with Gasteiger partial charge in [0, 0.05) is 54.3 Å². The molecule has 3 N–H and O–H groups in total. The number of thiophene rings is 1. The molecule has 1 aliphatic carbocycles. The Hall–Kier alpha value is -3.59. The Balaban J connectivity index is 1.19. The number of nitriles is 1. The van der Waals surface area contributed by atoms with Gasteiger partial charge in [0.25, 0.3) is 0 Å². The minimum absolute atomic E-state index is 0.187. The fourth-order valence-corrected chi connectivity index (χ4v) is 8.03. The first-order valence-corrected chi connectivity index (χ1v) is 15.8. The number of aromatic nitrogens is 3. The second kappa shape index (κ2) is 10.0. The molecular formula is C31H33FN8OS. The van der Waals surface area contributed by atoms with E-state index in [0.29, 0.717) is 51.0 Å². The van der Waals surface area contributed by atoms with Gasteiger partial charge in [0.15, 0.2) is 0 Å². The lowest BCUT2D eigenvalue weighted by Gasteiger charge is -2.34. The molecule has 2 bridgehead atoms. The van der Waals surface area contributed by atoms with Crippen LogP contribution in [0.25, 0.3) is 32.2 Å². The zero-order chi connectivity index (χ0) is 28.4. The first kappa shape index (κ1) is 26.1. The van der Waals surface area contributed by atoms with Crippen molar-refractivity contribution in [2.45, 2.75) is 50.6 Å². The van der Waals surface area contributed by atoms with E-state index in [4.69, 9.17) is 25.4 Å². The number of halogens is 1. The van der Waals surface area contributed by atoms with Gasteiger partial charge >= 0.3 is 6.01 Å². The van der Waals surface area contributed by atoms with Gasteiger partial charge < -0.3 is 25.6 Å². The molecule has 2 atom stereocenters. The lowest BCUT2D eigenvalue weighted by molar-refractivity contribution is 0.170. The lowest BCUT2D eigenvalue weighted by atomic mass is 10.0. The number of nitrogens with two attached hydrogens (primary N) is 1. The first-order valence-electron chi connectivity index (χ1n) is 14.9. The number of rotatable bonds is 7. The van der Waals surface area contributed by atoms with Crippen LogP contribution >= 0.6 is 11.3 Å². The van der Waals surface area contributed by atoms with Gasteiger partial charge in [-0.25, -0.2) is 4.39 Å². The molecule has 2 unspecified atom stereocenters. The predicted octanol–water partition coefficient (Wildman–Crippen LogP) is 4.69. The van der Waals surface area contributed by atoms with Crippen molar-refractivity contribution in [3.8, 4) is 23.3 Å². The maximum Gasteiger partial charge on any atom is 0.318 e. The summed E-state index contributed by atoms with van der Waals surface area (Å²) in [5.74, 6) is 0.447. The standard InChI is InChI=1S/C31H33FN8OS/c32-23-6-5-20(26-21(12-33)28(34)42-27(23)26)24-11-25-22(13-35-24)29(40-14-18-3-4-19(15-40)36-18)38-30(37-25)41-17-31(7-8-31)16-39-9-1-2-10-39/h5-6,11,13,18-19,36H,1-4,7-10,14-17,34H2. The van der Waals surface area contributed by atoms with E-state index in [2.05, 4.69) is 21.2 Å². The van der Waals surface area contributed by atoms with Crippen molar-refractivity contribution in [3.63, 3.8) is 0 Å². The maximum atomic E-state index is 14.7. The van der Waals surface area contributed by atoms with E-state index in [0.717, 1.165) is 47.7 Å². The Morgan fingerprint density at radius 1 is 1.17 bits per heavy atom. The van der Waals surface area contributed by atoms with Crippen LogP contribution in [-0.2, 0) is 0 Å². The highest BCUT2D eigenvalue weighted by molar-refractivity contribution is 7.23.